The van der Waals surface area contributed by atoms with Gasteiger partial charge >= 0.3 is 0 Å². The molecule has 0 bridgehead atoms. The minimum atomic E-state index is -0.588. The number of hydrogen-bond donors (Lipinski definition) is 1. The molecule has 176 valence electrons. The van der Waals surface area contributed by atoms with Gasteiger partial charge in [-0.1, -0.05) is 71.4 Å². The van der Waals surface area contributed by atoms with E-state index in [0.29, 0.717) is 27.8 Å². The number of carbonyl (C=O) groups excluding carboxylic acids is 2. The highest BCUT2D eigenvalue weighted by molar-refractivity contribution is 8.05. The third kappa shape index (κ3) is 5.23. The van der Waals surface area contributed by atoms with Crippen LogP contribution in [0.5, 0.6) is 0 Å². The first-order valence-electron chi connectivity index (χ1n) is 10.8. The molecule has 0 spiro atoms. The summed E-state index contributed by atoms with van der Waals surface area (Å²) in [5.41, 5.74) is 3.81. The molecule has 1 atom stereocenters. The molecule has 1 saturated heterocycles. The molecule has 1 aliphatic heterocycles. The Morgan fingerprint density at radius 1 is 1.06 bits per heavy atom. The van der Waals surface area contributed by atoms with Gasteiger partial charge < -0.3 is 5.32 Å². The minimum absolute atomic E-state index is 0.134. The number of benzene rings is 3. The van der Waals surface area contributed by atoms with Crippen LogP contribution in [0.25, 0.3) is 0 Å². The Balaban J connectivity index is 1.77. The number of nitrogens with zero attached hydrogens (tertiary/aromatic N) is 2. The Bertz CT molecular complexity index is 1380. The van der Waals surface area contributed by atoms with Crippen molar-refractivity contribution < 1.29 is 9.59 Å². The molecule has 0 aromatic heterocycles. The third-order valence-corrected chi connectivity index (χ3v) is 7.84. The molecule has 0 saturated carbocycles. The molecule has 1 heterocycles. The van der Waals surface area contributed by atoms with Gasteiger partial charge in [0, 0.05) is 11.4 Å². The fraction of sp³-hybridized carbons (Fsp3) is 0.148. The average molecular weight is 522 g/mol. The van der Waals surface area contributed by atoms with Gasteiger partial charge in [-0.15, -0.1) is 0 Å². The first-order valence-corrected chi connectivity index (χ1v) is 12.4. The van der Waals surface area contributed by atoms with Crippen molar-refractivity contribution >= 4 is 58.2 Å². The predicted octanol–water partition coefficient (Wildman–Crippen LogP) is 6.68. The maximum atomic E-state index is 13.7. The quantitative estimate of drug-likeness (QED) is 0.300. The average Bonchev–Trinajstić information content (AvgIpc) is 3.15. The highest BCUT2D eigenvalue weighted by atomic mass is 35.5. The van der Waals surface area contributed by atoms with Gasteiger partial charge in [-0.2, -0.15) is 5.26 Å². The zero-order valence-corrected chi connectivity index (χ0v) is 21.3. The molecular weight excluding hydrogens is 501 g/mol. The Morgan fingerprint density at radius 2 is 1.80 bits per heavy atom. The highest BCUT2D eigenvalue weighted by Crippen LogP contribution is 2.43. The fourth-order valence-electron chi connectivity index (χ4n) is 3.71. The van der Waals surface area contributed by atoms with E-state index in [2.05, 4.69) is 5.32 Å². The number of nitrogens with one attached hydrogen (secondary N) is 1. The molecule has 35 heavy (non-hydrogen) atoms. The first-order chi connectivity index (χ1) is 16.8. The second-order valence-electron chi connectivity index (χ2n) is 8.08. The fourth-order valence-corrected chi connectivity index (χ4v) is 5.40. The Kier molecular flexibility index (Phi) is 7.51. The number of anilines is 2. The number of halogens is 2. The molecule has 3 aromatic rings. The Morgan fingerprint density at radius 3 is 2.49 bits per heavy atom. The van der Waals surface area contributed by atoms with Crippen molar-refractivity contribution in [3.05, 3.63) is 104 Å². The highest BCUT2D eigenvalue weighted by Gasteiger charge is 2.41. The van der Waals surface area contributed by atoms with Crippen LogP contribution in [0, 0.1) is 25.2 Å². The van der Waals surface area contributed by atoms with Crippen molar-refractivity contribution in [2.75, 3.05) is 10.2 Å². The molecule has 1 fully saturated rings. The van der Waals surface area contributed by atoms with Crippen LogP contribution in [0.2, 0.25) is 10.0 Å². The molecule has 5 nitrogen and oxygen atoms in total. The van der Waals surface area contributed by atoms with Crippen molar-refractivity contribution in [2.24, 2.45) is 0 Å². The SMILES string of the molecule is Cc1ccc(N2C(=O)C(Cc3cccc(Cl)c3Cl)S/C2=C(/C#N)C(=O)Nc2ccccc2)cc1C. The monoisotopic (exact) mass is 521 g/mol. The number of rotatable bonds is 5. The van der Waals surface area contributed by atoms with Gasteiger partial charge in [0.25, 0.3) is 5.91 Å². The molecule has 1 N–H and O–H groups in total. The lowest BCUT2D eigenvalue weighted by atomic mass is 10.1. The van der Waals surface area contributed by atoms with Gasteiger partial charge in [-0.25, -0.2) is 0 Å². The summed E-state index contributed by atoms with van der Waals surface area (Å²) >= 11 is 13.7. The summed E-state index contributed by atoms with van der Waals surface area (Å²) in [7, 11) is 0. The van der Waals surface area contributed by atoms with E-state index in [4.69, 9.17) is 23.2 Å². The molecule has 3 aromatic carbocycles. The second kappa shape index (κ2) is 10.6. The Labute approximate surface area is 218 Å². The lowest BCUT2D eigenvalue weighted by molar-refractivity contribution is -0.117. The number of para-hydroxylation sites is 1. The van der Waals surface area contributed by atoms with Gasteiger partial charge in [0.1, 0.15) is 16.7 Å². The zero-order chi connectivity index (χ0) is 25.1. The Hall–Kier alpha value is -3.24. The van der Waals surface area contributed by atoms with E-state index in [1.165, 1.54) is 16.7 Å². The van der Waals surface area contributed by atoms with E-state index in [-0.39, 0.29) is 16.5 Å². The van der Waals surface area contributed by atoms with Gasteiger partial charge in [0.2, 0.25) is 5.91 Å². The van der Waals surface area contributed by atoms with Crippen molar-refractivity contribution in [3.63, 3.8) is 0 Å². The summed E-state index contributed by atoms with van der Waals surface area (Å²) in [4.78, 5) is 28.2. The number of thioether (sulfide) groups is 1. The van der Waals surface area contributed by atoms with Crippen LogP contribution in [-0.4, -0.2) is 17.1 Å². The van der Waals surface area contributed by atoms with Gasteiger partial charge in [0.05, 0.1) is 15.3 Å². The van der Waals surface area contributed by atoms with Gasteiger partial charge in [-0.05, 0) is 67.3 Å². The summed E-state index contributed by atoms with van der Waals surface area (Å²) in [5, 5.41) is 13.2. The smallest absolute Gasteiger partial charge is 0.269 e. The minimum Gasteiger partial charge on any atom is -0.321 e. The summed E-state index contributed by atoms with van der Waals surface area (Å²) in [6, 6.07) is 21.8. The standard InChI is InChI=1S/C27H21Cl2N3O2S/c1-16-11-12-20(13-17(16)2)32-26(34)23(14-18-7-6-10-22(28)24(18)29)35-27(32)21(15-30)25(33)31-19-8-4-3-5-9-19/h3-13,23H,14H2,1-2H3,(H,31,33)/b27-21-. The van der Waals surface area contributed by atoms with Crippen molar-refractivity contribution in [3.8, 4) is 6.07 Å². The van der Waals surface area contributed by atoms with Crippen LogP contribution in [0.15, 0.2) is 77.3 Å². The van der Waals surface area contributed by atoms with Crippen LogP contribution < -0.4 is 10.2 Å². The molecule has 0 radical (unpaired) electrons. The first kappa shape index (κ1) is 24.9. The largest absolute Gasteiger partial charge is 0.321 e. The molecule has 1 unspecified atom stereocenters. The molecule has 8 heteroatoms. The van der Waals surface area contributed by atoms with Crippen LogP contribution in [0.4, 0.5) is 11.4 Å². The number of carbonyl (C=O) groups is 2. The van der Waals surface area contributed by atoms with E-state index in [9.17, 15) is 14.9 Å². The van der Waals surface area contributed by atoms with E-state index < -0.39 is 11.2 Å². The number of amides is 2. The molecular formula is C27H21Cl2N3O2S. The van der Waals surface area contributed by atoms with Crippen LogP contribution in [0.3, 0.4) is 0 Å². The topological polar surface area (TPSA) is 73.2 Å². The zero-order valence-electron chi connectivity index (χ0n) is 19.0. The summed E-state index contributed by atoms with van der Waals surface area (Å²) < 4.78 is 0. The number of nitriles is 1. The maximum Gasteiger partial charge on any atom is 0.269 e. The molecule has 1 aliphatic rings. The number of hydrogen-bond acceptors (Lipinski definition) is 4. The van der Waals surface area contributed by atoms with Crippen molar-refractivity contribution in [2.45, 2.75) is 25.5 Å². The summed E-state index contributed by atoms with van der Waals surface area (Å²) in [6.45, 7) is 3.93. The molecule has 0 aliphatic carbocycles. The van der Waals surface area contributed by atoms with Crippen LogP contribution >= 0.6 is 35.0 Å². The second-order valence-corrected chi connectivity index (χ2v) is 10.1. The summed E-state index contributed by atoms with van der Waals surface area (Å²) in [6.07, 6.45) is 0.298. The third-order valence-electron chi connectivity index (χ3n) is 5.72. The van der Waals surface area contributed by atoms with Crippen LogP contribution in [0.1, 0.15) is 16.7 Å². The van der Waals surface area contributed by atoms with E-state index in [0.717, 1.165) is 16.7 Å². The molecule has 2 amide bonds. The van der Waals surface area contributed by atoms with Gasteiger partial charge in [0.15, 0.2) is 0 Å². The predicted molar refractivity (Wildman–Crippen MR) is 143 cm³/mol. The lowest BCUT2D eigenvalue weighted by Gasteiger charge is -2.20. The normalized spacial score (nSPS) is 16.7. The van der Waals surface area contributed by atoms with Crippen molar-refractivity contribution in [1.29, 1.82) is 5.26 Å². The van der Waals surface area contributed by atoms with E-state index in [1.54, 1.807) is 36.4 Å². The van der Waals surface area contributed by atoms with Crippen molar-refractivity contribution in [1.82, 2.24) is 0 Å². The molecule has 4 rings (SSSR count). The summed E-state index contributed by atoms with van der Waals surface area (Å²) in [5.74, 6) is -0.811. The lowest BCUT2D eigenvalue weighted by Crippen LogP contribution is -2.31. The maximum absolute atomic E-state index is 13.7. The number of aryl methyl sites for hydroxylation is 2. The van der Waals surface area contributed by atoms with E-state index >= 15 is 0 Å². The van der Waals surface area contributed by atoms with Gasteiger partial charge in [-0.3, -0.25) is 14.5 Å². The van der Waals surface area contributed by atoms with Crippen LogP contribution in [-0.2, 0) is 16.0 Å². The van der Waals surface area contributed by atoms with E-state index in [1.807, 2.05) is 50.2 Å².